The van der Waals surface area contributed by atoms with Crippen molar-refractivity contribution in [3.63, 3.8) is 0 Å². The van der Waals surface area contributed by atoms with Gasteiger partial charge in [0.05, 0.1) is 7.11 Å². The summed E-state index contributed by atoms with van der Waals surface area (Å²) < 4.78 is 34.3. The zero-order valence-electron chi connectivity index (χ0n) is 17.1. The molecule has 1 aliphatic carbocycles. The van der Waals surface area contributed by atoms with Gasteiger partial charge in [0.1, 0.15) is 10.6 Å². The lowest BCUT2D eigenvalue weighted by molar-refractivity contribution is 0.102. The van der Waals surface area contributed by atoms with E-state index in [4.69, 9.17) is 4.74 Å². The fraction of sp³-hybridized carbons (Fsp3) is 0.409. The molecule has 0 radical (unpaired) electrons. The molecule has 1 fully saturated rings. The van der Waals surface area contributed by atoms with Gasteiger partial charge in [-0.3, -0.25) is 4.79 Å². The Morgan fingerprint density at radius 2 is 1.83 bits per heavy atom. The average Bonchev–Trinajstić information content (AvgIpc) is 2.70. The van der Waals surface area contributed by atoms with Crippen LogP contribution in [-0.4, -0.2) is 27.5 Å². The number of anilines is 1. The number of para-hydroxylation sites is 1. The summed E-state index contributed by atoms with van der Waals surface area (Å²) in [7, 11) is -2.41. The predicted molar refractivity (Wildman–Crippen MR) is 114 cm³/mol. The quantitative estimate of drug-likeness (QED) is 0.742. The highest BCUT2D eigenvalue weighted by molar-refractivity contribution is 7.89. The molecule has 2 N–H and O–H groups in total. The lowest BCUT2D eigenvalue weighted by atomic mass is 9.87. The van der Waals surface area contributed by atoms with Crippen molar-refractivity contribution in [2.45, 2.75) is 50.5 Å². The van der Waals surface area contributed by atoms with Gasteiger partial charge in [-0.2, -0.15) is 0 Å². The average molecular weight is 417 g/mol. The van der Waals surface area contributed by atoms with Crippen molar-refractivity contribution in [3.8, 4) is 5.75 Å². The predicted octanol–water partition coefficient (Wildman–Crippen LogP) is 4.11. The molecule has 2 unspecified atom stereocenters. The first-order valence-electron chi connectivity index (χ1n) is 9.89. The second-order valence-electron chi connectivity index (χ2n) is 7.62. The topological polar surface area (TPSA) is 84.5 Å². The zero-order valence-corrected chi connectivity index (χ0v) is 17.9. The SMILES string of the molecule is COc1ccc(C(=O)Nc2ccccc2C)cc1S(=O)(=O)NC1CCCCC1C. The van der Waals surface area contributed by atoms with E-state index in [1.165, 1.54) is 19.2 Å². The molecule has 1 saturated carbocycles. The Labute approximate surface area is 172 Å². The van der Waals surface area contributed by atoms with Crippen molar-refractivity contribution < 1.29 is 17.9 Å². The van der Waals surface area contributed by atoms with Crippen LogP contribution in [0.1, 0.15) is 48.5 Å². The molecule has 7 heteroatoms. The van der Waals surface area contributed by atoms with Gasteiger partial charge in [0.15, 0.2) is 0 Å². The summed E-state index contributed by atoms with van der Waals surface area (Å²) >= 11 is 0. The van der Waals surface area contributed by atoms with Crippen LogP contribution >= 0.6 is 0 Å². The molecule has 0 aliphatic heterocycles. The Morgan fingerprint density at radius 1 is 1.10 bits per heavy atom. The van der Waals surface area contributed by atoms with E-state index in [2.05, 4.69) is 17.0 Å². The lowest BCUT2D eigenvalue weighted by Crippen LogP contribution is -2.41. The first-order valence-corrected chi connectivity index (χ1v) is 11.4. The Kier molecular flexibility index (Phi) is 6.59. The van der Waals surface area contributed by atoms with E-state index < -0.39 is 10.0 Å². The van der Waals surface area contributed by atoms with Gasteiger partial charge in [0.2, 0.25) is 10.0 Å². The number of nitrogens with one attached hydrogen (secondary N) is 2. The van der Waals surface area contributed by atoms with E-state index >= 15 is 0 Å². The summed E-state index contributed by atoms with van der Waals surface area (Å²) in [5.74, 6) is 0.120. The number of hydrogen-bond donors (Lipinski definition) is 2. The van der Waals surface area contributed by atoms with Crippen LogP contribution in [0.5, 0.6) is 5.75 Å². The van der Waals surface area contributed by atoms with E-state index in [9.17, 15) is 13.2 Å². The molecular formula is C22H28N2O4S. The van der Waals surface area contributed by atoms with Gasteiger partial charge >= 0.3 is 0 Å². The highest BCUT2D eigenvalue weighted by atomic mass is 32.2. The maximum absolute atomic E-state index is 13.1. The third-order valence-electron chi connectivity index (χ3n) is 5.53. The minimum Gasteiger partial charge on any atom is -0.495 e. The fourth-order valence-electron chi connectivity index (χ4n) is 3.69. The largest absolute Gasteiger partial charge is 0.495 e. The number of sulfonamides is 1. The first kappa shape index (κ1) is 21.3. The molecule has 6 nitrogen and oxygen atoms in total. The molecule has 0 heterocycles. The third kappa shape index (κ3) is 4.97. The lowest BCUT2D eigenvalue weighted by Gasteiger charge is -2.29. The number of aryl methyl sites for hydroxylation is 1. The Balaban J connectivity index is 1.88. The summed E-state index contributed by atoms with van der Waals surface area (Å²) in [6.45, 7) is 3.96. The van der Waals surface area contributed by atoms with Gasteiger partial charge < -0.3 is 10.1 Å². The Morgan fingerprint density at radius 3 is 2.52 bits per heavy atom. The summed E-state index contributed by atoms with van der Waals surface area (Å²) in [4.78, 5) is 12.7. The molecule has 156 valence electrons. The number of methoxy groups -OCH3 is 1. The number of carbonyl (C=O) groups is 1. The van der Waals surface area contributed by atoms with Crippen molar-refractivity contribution >= 4 is 21.6 Å². The number of rotatable bonds is 6. The first-order chi connectivity index (χ1) is 13.8. The Hall–Kier alpha value is -2.38. The molecule has 0 spiro atoms. The molecule has 0 bridgehead atoms. The fourth-order valence-corrected chi connectivity index (χ4v) is 5.26. The van der Waals surface area contributed by atoms with Crippen LogP contribution in [0.2, 0.25) is 0 Å². The third-order valence-corrected chi connectivity index (χ3v) is 7.04. The number of benzene rings is 2. The van der Waals surface area contributed by atoms with Gasteiger partial charge in [-0.25, -0.2) is 13.1 Å². The van der Waals surface area contributed by atoms with Crippen molar-refractivity contribution in [1.82, 2.24) is 4.72 Å². The molecule has 0 saturated heterocycles. The van der Waals surface area contributed by atoms with Crippen molar-refractivity contribution in [2.24, 2.45) is 5.92 Å². The molecule has 2 aromatic rings. The molecule has 29 heavy (non-hydrogen) atoms. The molecular weight excluding hydrogens is 388 g/mol. The monoisotopic (exact) mass is 416 g/mol. The minimum atomic E-state index is -3.83. The van der Waals surface area contributed by atoms with E-state index in [0.717, 1.165) is 31.2 Å². The maximum Gasteiger partial charge on any atom is 0.255 e. The van der Waals surface area contributed by atoms with Gasteiger partial charge in [-0.15, -0.1) is 0 Å². The standard InChI is InChI=1S/C22H28N2O4S/c1-15-8-4-6-10-18(15)23-22(25)17-12-13-20(28-3)21(14-17)29(26,27)24-19-11-7-5-9-16(19)2/h4,6,8,10,12-14,16,19,24H,5,7,9,11H2,1-3H3,(H,23,25). The molecule has 3 rings (SSSR count). The van der Waals surface area contributed by atoms with Crippen LogP contribution in [0.25, 0.3) is 0 Å². The maximum atomic E-state index is 13.1. The number of hydrogen-bond acceptors (Lipinski definition) is 4. The summed E-state index contributed by atoms with van der Waals surface area (Å²) in [5, 5.41) is 2.84. The number of ether oxygens (including phenoxy) is 1. The van der Waals surface area contributed by atoms with Crippen LogP contribution in [0, 0.1) is 12.8 Å². The second-order valence-corrected chi connectivity index (χ2v) is 9.31. The van der Waals surface area contributed by atoms with Crippen LogP contribution in [0.3, 0.4) is 0 Å². The van der Waals surface area contributed by atoms with Gasteiger partial charge in [0.25, 0.3) is 5.91 Å². The highest BCUT2D eigenvalue weighted by Crippen LogP contribution is 2.29. The van der Waals surface area contributed by atoms with Crippen LogP contribution in [0.4, 0.5) is 5.69 Å². The summed E-state index contributed by atoms with van der Waals surface area (Å²) in [6.07, 6.45) is 3.95. The van der Waals surface area contributed by atoms with E-state index in [1.807, 2.05) is 25.1 Å². The molecule has 0 aromatic heterocycles. The van der Waals surface area contributed by atoms with Crippen molar-refractivity contribution in [1.29, 1.82) is 0 Å². The molecule has 1 aliphatic rings. The number of amides is 1. The minimum absolute atomic E-state index is 0.0183. The highest BCUT2D eigenvalue weighted by Gasteiger charge is 2.29. The van der Waals surface area contributed by atoms with Crippen molar-refractivity contribution in [2.75, 3.05) is 12.4 Å². The van der Waals surface area contributed by atoms with E-state index in [-0.39, 0.29) is 34.1 Å². The second kappa shape index (κ2) is 8.97. The Bertz CT molecular complexity index is 988. The summed E-state index contributed by atoms with van der Waals surface area (Å²) in [5.41, 5.74) is 1.87. The van der Waals surface area contributed by atoms with Crippen LogP contribution in [0.15, 0.2) is 47.4 Å². The molecule has 2 atom stereocenters. The summed E-state index contributed by atoms with van der Waals surface area (Å²) in [6, 6.07) is 11.8. The van der Waals surface area contributed by atoms with Crippen molar-refractivity contribution in [3.05, 3.63) is 53.6 Å². The van der Waals surface area contributed by atoms with Gasteiger partial charge in [0, 0.05) is 17.3 Å². The van der Waals surface area contributed by atoms with Gasteiger partial charge in [-0.05, 0) is 55.5 Å². The van der Waals surface area contributed by atoms with E-state index in [0.29, 0.717) is 5.69 Å². The molecule has 1 amide bonds. The number of carbonyl (C=O) groups excluding carboxylic acids is 1. The van der Waals surface area contributed by atoms with Crippen LogP contribution in [-0.2, 0) is 10.0 Å². The van der Waals surface area contributed by atoms with E-state index in [1.54, 1.807) is 12.1 Å². The smallest absolute Gasteiger partial charge is 0.255 e. The molecule has 2 aromatic carbocycles. The zero-order chi connectivity index (χ0) is 21.0. The van der Waals surface area contributed by atoms with Crippen LogP contribution < -0.4 is 14.8 Å². The normalized spacial score (nSPS) is 19.6. The van der Waals surface area contributed by atoms with Gasteiger partial charge in [-0.1, -0.05) is 38.0 Å².